The summed E-state index contributed by atoms with van der Waals surface area (Å²) in [6.07, 6.45) is 3.06. The summed E-state index contributed by atoms with van der Waals surface area (Å²) in [4.78, 5) is 11.7. The summed E-state index contributed by atoms with van der Waals surface area (Å²) < 4.78 is 18.0. The van der Waals surface area contributed by atoms with Crippen LogP contribution in [-0.2, 0) is 11.3 Å². The largest absolute Gasteiger partial charge is 0.496 e. The van der Waals surface area contributed by atoms with Crippen LogP contribution in [0.5, 0.6) is 5.75 Å². The van der Waals surface area contributed by atoms with Gasteiger partial charge in [-0.15, -0.1) is 0 Å². The maximum Gasteiger partial charge on any atom is 0.244 e. The number of carbonyl (C=O) groups is 1. The van der Waals surface area contributed by atoms with Crippen LogP contribution in [0, 0.1) is 5.82 Å². The zero-order valence-corrected chi connectivity index (χ0v) is 11.7. The van der Waals surface area contributed by atoms with Crippen molar-refractivity contribution in [3.05, 3.63) is 71.6 Å². The van der Waals surface area contributed by atoms with Crippen LogP contribution < -0.4 is 10.1 Å². The van der Waals surface area contributed by atoms with Crippen molar-refractivity contribution in [1.29, 1.82) is 0 Å². The van der Waals surface area contributed by atoms with Crippen LogP contribution in [-0.4, -0.2) is 13.0 Å². The number of ether oxygens (including phenoxy) is 1. The van der Waals surface area contributed by atoms with Gasteiger partial charge in [0.2, 0.25) is 5.91 Å². The van der Waals surface area contributed by atoms with E-state index in [0.29, 0.717) is 6.54 Å². The normalized spacial score (nSPS) is 10.6. The summed E-state index contributed by atoms with van der Waals surface area (Å²) in [6, 6.07) is 13.4. The second-order valence-electron chi connectivity index (χ2n) is 4.41. The molecule has 0 unspecified atom stereocenters. The van der Waals surface area contributed by atoms with Gasteiger partial charge in [0, 0.05) is 18.2 Å². The molecule has 1 N–H and O–H groups in total. The molecule has 3 nitrogen and oxygen atoms in total. The molecule has 0 aliphatic heterocycles. The van der Waals surface area contributed by atoms with Gasteiger partial charge in [0.1, 0.15) is 11.6 Å². The van der Waals surface area contributed by atoms with Crippen LogP contribution in [0.25, 0.3) is 6.08 Å². The summed E-state index contributed by atoms with van der Waals surface area (Å²) in [5.74, 6) is 0.221. The molecule has 0 atom stereocenters. The van der Waals surface area contributed by atoms with Gasteiger partial charge in [-0.05, 0) is 29.8 Å². The fourth-order valence-corrected chi connectivity index (χ4v) is 1.84. The Morgan fingerprint density at radius 3 is 2.62 bits per heavy atom. The highest BCUT2D eigenvalue weighted by molar-refractivity contribution is 5.91. The Labute approximate surface area is 123 Å². The number of hydrogen-bond acceptors (Lipinski definition) is 2. The van der Waals surface area contributed by atoms with E-state index in [1.54, 1.807) is 25.3 Å². The van der Waals surface area contributed by atoms with Crippen molar-refractivity contribution in [2.45, 2.75) is 6.54 Å². The Balaban J connectivity index is 1.91. The number of nitrogens with one attached hydrogen (secondary N) is 1. The minimum Gasteiger partial charge on any atom is -0.496 e. The third-order valence-corrected chi connectivity index (χ3v) is 2.94. The van der Waals surface area contributed by atoms with Gasteiger partial charge in [0.15, 0.2) is 0 Å². The second kappa shape index (κ2) is 7.24. The van der Waals surface area contributed by atoms with Gasteiger partial charge in [0.05, 0.1) is 7.11 Å². The molecule has 21 heavy (non-hydrogen) atoms. The molecule has 0 aliphatic rings. The lowest BCUT2D eigenvalue weighted by molar-refractivity contribution is -0.116. The Kier molecular flexibility index (Phi) is 5.10. The van der Waals surface area contributed by atoms with Crippen LogP contribution in [0.3, 0.4) is 0 Å². The molecule has 0 radical (unpaired) electrons. The minimum atomic E-state index is -0.298. The van der Waals surface area contributed by atoms with Gasteiger partial charge in [-0.25, -0.2) is 4.39 Å². The van der Waals surface area contributed by atoms with Crippen LogP contribution in [0.1, 0.15) is 11.1 Å². The number of methoxy groups -OCH3 is 1. The van der Waals surface area contributed by atoms with E-state index in [2.05, 4.69) is 5.32 Å². The third kappa shape index (κ3) is 4.45. The van der Waals surface area contributed by atoms with Crippen molar-refractivity contribution >= 4 is 12.0 Å². The topological polar surface area (TPSA) is 38.3 Å². The van der Waals surface area contributed by atoms with Crippen molar-refractivity contribution in [2.75, 3.05) is 7.11 Å². The molecule has 0 aliphatic carbocycles. The molecule has 0 aromatic heterocycles. The van der Waals surface area contributed by atoms with Crippen LogP contribution in [0.2, 0.25) is 0 Å². The van der Waals surface area contributed by atoms with Crippen LogP contribution in [0.15, 0.2) is 54.6 Å². The van der Waals surface area contributed by atoms with Gasteiger partial charge in [-0.3, -0.25) is 4.79 Å². The molecule has 0 heterocycles. The molecule has 0 bridgehead atoms. The van der Waals surface area contributed by atoms with E-state index in [4.69, 9.17) is 4.74 Å². The molecule has 0 saturated carbocycles. The van der Waals surface area contributed by atoms with Crippen molar-refractivity contribution in [2.24, 2.45) is 0 Å². The Morgan fingerprint density at radius 2 is 1.90 bits per heavy atom. The number of hydrogen-bond donors (Lipinski definition) is 1. The monoisotopic (exact) mass is 285 g/mol. The zero-order chi connectivity index (χ0) is 15.1. The molecule has 0 fully saturated rings. The summed E-state index contributed by atoms with van der Waals surface area (Å²) in [5, 5.41) is 2.78. The maximum absolute atomic E-state index is 12.8. The van der Waals surface area contributed by atoms with Gasteiger partial charge in [0.25, 0.3) is 0 Å². The van der Waals surface area contributed by atoms with E-state index >= 15 is 0 Å². The lowest BCUT2D eigenvalue weighted by atomic mass is 10.2. The predicted molar refractivity (Wildman–Crippen MR) is 80.3 cm³/mol. The third-order valence-electron chi connectivity index (χ3n) is 2.94. The summed E-state index contributed by atoms with van der Waals surface area (Å²) in [7, 11) is 1.59. The molecule has 2 aromatic rings. The first-order valence-corrected chi connectivity index (χ1v) is 6.52. The van der Waals surface area contributed by atoms with Crippen molar-refractivity contribution in [3.63, 3.8) is 0 Å². The quantitative estimate of drug-likeness (QED) is 0.857. The highest BCUT2D eigenvalue weighted by atomic mass is 19.1. The van der Waals surface area contributed by atoms with Gasteiger partial charge >= 0.3 is 0 Å². The fraction of sp³-hybridized carbons (Fsp3) is 0.118. The number of para-hydroxylation sites is 1. The van der Waals surface area contributed by atoms with E-state index in [0.717, 1.165) is 16.9 Å². The number of rotatable bonds is 5. The summed E-state index contributed by atoms with van der Waals surface area (Å²) in [6.45, 7) is 0.386. The summed E-state index contributed by atoms with van der Waals surface area (Å²) >= 11 is 0. The van der Waals surface area contributed by atoms with Gasteiger partial charge in [-0.1, -0.05) is 30.3 Å². The number of halogens is 1. The van der Waals surface area contributed by atoms with Crippen LogP contribution >= 0.6 is 0 Å². The number of carbonyl (C=O) groups excluding carboxylic acids is 1. The molecule has 4 heteroatoms. The summed E-state index contributed by atoms with van der Waals surface area (Å²) in [5.41, 5.74) is 1.67. The standard InChI is InChI=1S/C17H16FNO2/c1-21-16-5-3-2-4-14(16)12-19-17(20)11-8-13-6-9-15(18)10-7-13/h2-11H,12H2,1H3,(H,19,20)/b11-8-. The van der Waals surface area contributed by atoms with E-state index in [-0.39, 0.29) is 11.7 Å². The zero-order valence-electron chi connectivity index (χ0n) is 11.7. The first kappa shape index (κ1) is 14.8. The van der Waals surface area contributed by atoms with Crippen molar-refractivity contribution in [3.8, 4) is 5.75 Å². The molecule has 0 saturated heterocycles. The number of amides is 1. The first-order chi connectivity index (χ1) is 10.2. The molecule has 2 rings (SSSR count). The maximum atomic E-state index is 12.8. The molecule has 1 amide bonds. The highest BCUT2D eigenvalue weighted by Crippen LogP contribution is 2.16. The second-order valence-corrected chi connectivity index (χ2v) is 4.41. The Hall–Kier alpha value is -2.62. The average Bonchev–Trinajstić information content (AvgIpc) is 2.52. The lowest BCUT2D eigenvalue weighted by Gasteiger charge is -2.08. The van der Waals surface area contributed by atoms with Gasteiger partial charge < -0.3 is 10.1 Å². The molecule has 108 valence electrons. The first-order valence-electron chi connectivity index (χ1n) is 6.52. The van der Waals surface area contributed by atoms with Gasteiger partial charge in [-0.2, -0.15) is 0 Å². The smallest absolute Gasteiger partial charge is 0.244 e. The highest BCUT2D eigenvalue weighted by Gasteiger charge is 2.02. The van der Waals surface area contributed by atoms with Crippen molar-refractivity contribution < 1.29 is 13.9 Å². The molecule has 2 aromatic carbocycles. The molecular weight excluding hydrogens is 269 g/mol. The number of benzene rings is 2. The van der Waals surface area contributed by atoms with E-state index in [1.165, 1.54) is 18.2 Å². The average molecular weight is 285 g/mol. The fourth-order valence-electron chi connectivity index (χ4n) is 1.84. The SMILES string of the molecule is COc1ccccc1CNC(=O)/C=C\c1ccc(F)cc1. The van der Waals surface area contributed by atoms with Crippen LogP contribution in [0.4, 0.5) is 4.39 Å². The van der Waals surface area contributed by atoms with E-state index in [1.807, 2.05) is 24.3 Å². The van der Waals surface area contributed by atoms with Crippen molar-refractivity contribution in [1.82, 2.24) is 5.32 Å². The predicted octanol–water partition coefficient (Wildman–Crippen LogP) is 3.16. The molecule has 0 spiro atoms. The Bertz CT molecular complexity index is 635. The van der Waals surface area contributed by atoms with E-state index in [9.17, 15) is 9.18 Å². The minimum absolute atomic E-state index is 0.217. The Morgan fingerprint density at radius 1 is 1.19 bits per heavy atom. The van der Waals surface area contributed by atoms with E-state index < -0.39 is 0 Å². The molecular formula is C17H16FNO2. The lowest BCUT2D eigenvalue weighted by Crippen LogP contribution is -2.20.